The van der Waals surface area contributed by atoms with Crippen molar-refractivity contribution in [2.24, 2.45) is 0 Å². The summed E-state index contributed by atoms with van der Waals surface area (Å²) in [6.45, 7) is -0.222. The number of hydrogen-bond donors (Lipinski definition) is 4. The van der Waals surface area contributed by atoms with Crippen molar-refractivity contribution < 1.29 is 34.4 Å². The summed E-state index contributed by atoms with van der Waals surface area (Å²) in [6.07, 6.45) is -3.77. The summed E-state index contributed by atoms with van der Waals surface area (Å²) in [6, 6.07) is 19.7. The normalized spacial score (nSPS) is 14.0. The monoisotopic (exact) mass is 463 g/mol. The standard InChI is InChI=1S/C26H25NO7/c1-33-25(31)15-10-11-22(28)20(12-15)24(30)23(29)13-27-26(32)34-14-21-18-8-4-2-6-16(18)17-7-3-5-9-19(17)21/h2-12,21,23-24,28-30H,13-14H2,1H3,(H,27,32). The number of carbonyl (C=O) groups is 2. The van der Waals surface area contributed by atoms with Crippen molar-refractivity contribution in [1.82, 2.24) is 5.32 Å². The topological polar surface area (TPSA) is 125 Å². The first kappa shape index (κ1) is 23.3. The Balaban J connectivity index is 1.36. The van der Waals surface area contributed by atoms with E-state index in [2.05, 4.69) is 10.1 Å². The first-order valence-corrected chi connectivity index (χ1v) is 10.8. The number of rotatable bonds is 7. The lowest BCUT2D eigenvalue weighted by atomic mass is 9.98. The zero-order valence-electron chi connectivity index (χ0n) is 18.5. The Bertz CT molecular complexity index is 1160. The fourth-order valence-corrected chi connectivity index (χ4v) is 4.19. The van der Waals surface area contributed by atoms with E-state index in [-0.39, 0.29) is 35.9 Å². The van der Waals surface area contributed by atoms with Gasteiger partial charge in [-0.25, -0.2) is 9.59 Å². The van der Waals surface area contributed by atoms with Gasteiger partial charge in [-0.3, -0.25) is 0 Å². The van der Waals surface area contributed by atoms with E-state index in [1.165, 1.54) is 25.3 Å². The molecule has 2 unspecified atom stereocenters. The Morgan fingerprint density at radius 1 is 0.971 bits per heavy atom. The molecule has 3 aromatic carbocycles. The van der Waals surface area contributed by atoms with E-state index in [4.69, 9.17) is 4.74 Å². The Labute approximate surface area is 196 Å². The number of benzene rings is 3. The number of carbonyl (C=O) groups excluding carboxylic acids is 2. The highest BCUT2D eigenvalue weighted by molar-refractivity contribution is 5.89. The molecule has 34 heavy (non-hydrogen) atoms. The van der Waals surface area contributed by atoms with Crippen LogP contribution in [-0.4, -0.2) is 53.7 Å². The van der Waals surface area contributed by atoms with Gasteiger partial charge in [-0.2, -0.15) is 0 Å². The molecule has 4 N–H and O–H groups in total. The minimum Gasteiger partial charge on any atom is -0.508 e. The number of phenolic OH excluding ortho intramolecular Hbond substituents is 1. The first-order valence-electron chi connectivity index (χ1n) is 10.8. The predicted molar refractivity (Wildman–Crippen MR) is 123 cm³/mol. The number of amides is 1. The van der Waals surface area contributed by atoms with Crippen LogP contribution in [0, 0.1) is 0 Å². The van der Waals surface area contributed by atoms with Crippen LogP contribution in [-0.2, 0) is 9.47 Å². The van der Waals surface area contributed by atoms with Gasteiger partial charge in [0.25, 0.3) is 0 Å². The molecule has 0 saturated carbocycles. The van der Waals surface area contributed by atoms with Crippen LogP contribution in [0.2, 0.25) is 0 Å². The predicted octanol–water partition coefficient (Wildman–Crippen LogP) is 3.11. The van der Waals surface area contributed by atoms with Gasteiger partial charge in [-0.05, 0) is 40.5 Å². The summed E-state index contributed by atoms with van der Waals surface area (Å²) < 4.78 is 10.0. The Morgan fingerprint density at radius 3 is 2.21 bits per heavy atom. The molecule has 0 spiro atoms. The molecule has 2 atom stereocenters. The maximum Gasteiger partial charge on any atom is 0.407 e. The second-order valence-corrected chi connectivity index (χ2v) is 7.98. The molecule has 1 aliphatic rings. The van der Waals surface area contributed by atoms with Crippen molar-refractivity contribution in [3.05, 3.63) is 89.0 Å². The van der Waals surface area contributed by atoms with Crippen LogP contribution < -0.4 is 5.32 Å². The van der Waals surface area contributed by atoms with Gasteiger partial charge in [0.2, 0.25) is 0 Å². The van der Waals surface area contributed by atoms with Crippen molar-refractivity contribution >= 4 is 12.1 Å². The molecular weight excluding hydrogens is 438 g/mol. The Morgan fingerprint density at radius 2 is 1.59 bits per heavy atom. The number of hydrogen-bond acceptors (Lipinski definition) is 7. The lowest BCUT2D eigenvalue weighted by Gasteiger charge is -2.20. The number of methoxy groups -OCH3 is 1. The summed E-state index contributed by atoms with van der Waals surface area (Å²) in [5.41, 5.74) is 4.41. The largest absolute Gasteiger partial charge is 0.508 e. The lowest BCUT2D eigenvalue weighted by molar-refractivity contribution is 0.0172. The van der Waals surface area contributed by atoms with Gasteiger partial charge in [0.15, 0.2) is 0 Å². The van der Waals surface area contributed by atoms with Gasteiger partial charge >= 0.3 is 12.1 Å². The summed E-state index contributed by atoms with van der Waals surface area (Å²) in [4.78, 5) is 24.0. The van der Waals surface area contributed by atoms with Crippen molar-refractivity contribution in [3.8, 4) is 16.9 Å². The molecule has 8 nitrogen and oxygen atoms in total. The van der Waals surface area contributed by atoms with E-state index in [0.29, 0.717) is 0 Å². The third-order valence-corrected chi connectivity index (χ3v) is 5.93. The second kappa shape index (κ2) is 9.94. The van der Waals surface area contributed by atoms with Crippen LogP contribution in [0.4, 0.5) is 4.79 Å². The van der Waals surface area contributed by atoms with Gasteiger partial charge in [0.05, 0.1) is 12.7 Å². The molecule has 0 aromatic heterocycles. The van der Waals surface area contributed by atoms with Crippen LogP contribution >= 0.6 is 0 Å². The number of aliphatic hydroxyl groups excluding tert-OH is 2. The van der Waals surface area contributed by atoms with Crippen molar-refractivity contribution in [2.45, 2.75) is 18.1 Å². The zero-order valence-corrected chi connectivity index (χ0v) is 18.5. The van der Waals surface area contributed by atoms with E-state index < -0.39 is 24.3 Å². The van der Waals surface area contributed by atoms with E-state index in [0.717, 1.165) is 22.3 Å². The fraction of sp³-hybridized carbons (Fsp3) is 0.231. The highest BCUT2D eigenvalue weighted by Gasteiger charge is 2.29. The maximum absolute atomic E-state index is 12.3. The van der Waals surface area contributed by atoms with Crippen LogP contribution in [0.3, 0.4) is 0 Å². The molecule has 176 valence electrons. The number of aromatic hydroxyl groups is 1. The molecule has 0 bridgehead atoms. The molecule has 3 aromatic rings. The van der Waals surface area contributed by atoms with Crippen molar-refractivity contribution in [2.75, 3.05) is 20.3 Å². The van der Waals surface area contributed by atoms with E-state index in [9.17, 15) is 24.9 Å². The molecule has 1 aliphatic carbocycles. The number of phenols is 1. The number of alkyl carbamates (subject to hydrolysis) is 1. The quantitative estimate of drug-likeness (QED) is 0.397. The van der Waals surface area contributed by atoms with E-state index >= 15 is 0 Å². The van der Waals surface area contributed by atoms with E-state index in [1.807, 2.05) is 48.5 Å². The van der Waals surface area contributed by atoms with Crippen LogP contribution in [0.5, 0.6) is 5.75 Å². The van der Waals surface area contributed by atoms with Gasteiger partial charge in [-0.1, -0.05) is 48.5 Å². The lowest BCUT2D eigenvalue weighted by Crippen LogP contribution is -2.36. The van der Waals surface area contributed by atoms with Gasteiger partial charge in [0.1, 0.15) is 24.6 Å². The van der Waals surface area contributed by atoms with Gasteiger partial charge in [-0.15, -0.1) is 0 Å². The molecule has 0 radical (unpaired) electrons. The highest BCUT2D eigenvalue weighted by atomic mass is 16.5. The highest BCUT2D eigenvalue weighted by Crippen LogP contribution is 2.44. The van der Waals surface area contributed by atoms with Crippen molar-refractivity contribution in [1.29, 1.82) is 0 Å². The zero-order chi connectivity index (χ0) is 24.2. The molecule has 0 fully saturated rings. The molecule has 1 amide bonds. The first-order chi connectivity index (χ1) is 16.4. The summed E-state index contributed by atoms with van der Waals surface area (Å²) in [5, 5.41) is 33.2. The third kappa shape index (κ3) is 4.59. The smallest absolute Gasteiger partial charge is 0.407 e. The SMILES string of the molecule is COC(=O)c1ccc(O)c(C(O)C(O)CNC(=O)OCC2c3ccccc3-c3ccccc32)c1. The number of fused-ring (bicyclic) bond motifs is 3. The Kier molecular flexibility index (Phi) is 6.81. The van der Waals surface area contributed by atoms with Crippen LogP contribution in [0.15, 0.2) is 66.7 Å². The van der Waals surface area contributed by atoms with Crippen molar-refractivity contribution in [3.63, 3.8) is 0 Å². The Hall–Kier alpha value is -3.88. The number of ether oxygens (including phenoxy) is 2. The maximum atomic E-state index is 12.3. The molecule has 0 heterocycles. The number of aliphatic hydroxyl groups is 2. The van der Waals surface area contributed by atoms with Crippen LogP contribution in [0.1, 0.15) is 39.1 Å². The molecule has 4 rings (SSSR count). The second-order valence-electron chi connectivity index (χ2n) is 7.98. The third-order valence-electron chi connectivity index (χ3n) is 5.93. The fourth-order valence-electron chi connectivity index (χ4n) is 4.19. The molecular formula is C26H25NO7. The number of nitrogens with one attached hydrogen (secondary N) is 1. The summed E-state index contributed by atoms with van der Waals surface area (Å²) in [7, 11) is 1.21. The number of esters is 1. The molecule has 0 saturated heterocycles. The van der Waals surface area contributed by atoms with Gasteiger partial charge in [0, 0.05) is 18.0 Å². The average molecular weight is 463 g/mol. The molecule has 0 aliphatic heterocycles. The average Bonchev–Trinajstić information content (AvgIpc) is 3.19. The molecule has 8 heteroatoms. The van der Waals surface area contributed by atoms with E-state index in [1.54, 1.807) is 0 Å². The van der Waals surface area contributed by atoms with Crippen LogP contribution in [0.25, 0.3) is 11.1 Å². The van der Waals surface area contributed by atoms with Gasteiger partial charge < -0.3 is 30.1 Å². The minimum absolute atomic E-state index is 0.0651. The minimum atomic E-state index is -1.56. The summed E-state index contributed by atoms with van der Waals surface area (Å²) in [5.74, 6) is -1.06. The summed E-state index contributed by atoms with van der Waals surface area (Å²) >= 11 is 0.